The number of aliphatic hydroxyl groups is 1. The number of hydrazine groups is 1. The monoisotopic (exact) mass is 268 g/mol. The number of nitrogens with two attached hydrogens (primary N) is 1. The second kappa shape index (κ2) is 5.76. The van der Waals surface area contributed by atoms with Gasteiger partial charge >= 0.3 is 5.69 Å². The van der Waals surface area contributed by atoms with Gasteiger partial charge in [-0.05, 0) is 12.8 Å². The molecule has 19 heavy (non-hydrogen) atoms. The van der Waals surface area contributed by atoms with Crippen LogP contribution in [0.4, 0.5) is 17.3 Å². The molecule has 2 unspecified atom stereocenters. The van der Waals surface area contributed by atoms with Gasteiger partial charge in [0, 0.05) is 18.6 Å². The number of hydrogen-bond donors (Lipinski definition) is 4. The van der Waals surface area contributed by atoms with Gasteiger partial charge in [-0.15, -0.1) is 0 Å². The molecule has 0 aromatic carbocycles. The zero-order valence-electron chi connectivity index (χ0n) is 10.2. The lowest BCUT2D eigenvalue weighted by molar-refractivity contribution is -0.383. The topological polar surface area (TPSA) is 139 Å². The Labute approximate surface area is 109 Å². The van der Waals surface area contributed by atoms with Crippen molar-refractivity contribution in [3.63, 3.8) is 0 Å². The molecule has 0 amide bonds. The smallest absolute Gasteiger partial charge is 0.354 e. The Morgan fingerprint density at radius 3 is 2.84 bits per heavy atom. The molecule has 1 heterocycles. The van der Waals surface area contributed by atoms with Crippen LogP contribution in [0.3, 0.4) is 0 Å². The highest BCUT2D eigenvalue weighted by Gasteiger charge is 2.30. The summed E-state index contributed by atoms with van der Waals surface area (Å²) in [6.07, 6.45) is 3.92. The predicted molar refractivity (Wildman–Crippen MR) is 68.3 cm³/mol. The maximum Gasteiger partial charge on any atom is 0.354 e. The molecule has 5 N–H and O–H groups in total. The Morgan fingerprint density at radius 2 is 2.21 bits per heavy atom. The van der Waals surface area contributed by atoms with E-state index in [-0.39, 0.29) is 35.9 Å². The highest BCUT2D eigenvalue weighted by atomic mass is 16.6. The molecule has 2 atom stereocenters. The molecular formula is C10H16N6O3. The van der Waals surface area contributed by atoms with Gasteiger partial charge in [0.2, 0.25) is 11.6 Å². The number of aromatic nitrogens is 2. The van der Waals surface area contributed by atoms with Gasteiger partial charge in [-0.1, -0.05) is 6.42 Å². The Balaban J connectivity index is 2.27. The number of nitrogens with one attached hydrogen (secondary N) is 2. The highest BCUT2D eigenvalue weighted by Crippen LogP contribution is 2.33. The Kier molecular flexibility index (Phi) is 4.07. The lowest BCUT2D eigenvalue weighted by Crippen LogP contribution is -2.27. The molecule has 104 valence electrons. The lowest BCUT2D eigenvalue weighted by Gasteiger charge is -2.19. The zero-order chi connectivity index (χ0) is 13.8. The number of aliphatic hydroxyl groups excluding tert-OH is 1. The van der Waals surface area contributed by atoms with E-state index >= 15 is 0 Å². The minimum Gasteiger partial charge on any atom is -0.396 e. The summed E-state index contributed by atoms with van der Waals surface area (Å²) in [4.78, 5) is 18.1. The lowest BCUT2D eigenvalue weighted by atomic mass is 10.1. The SMILES string of the molecule is NNc1ncnc(NC2CCCC2CO)c1[N+](=O)[O-]. The van der Waals surface area contributed by atoms with Crippen LogP contribution in [0.1, 0.15) is 19.3 Å². The van der Waals surface area contributed by atoms with Crippen LogP contribution >= 0.6 is 0 Å². The van der Waals surface area contributed by atoms with Crippen LogP contribution in [0.2, 0.25) is 0 Å². The molecule has 1 aliphatic carbocycles. The molecule has 0 saturated heterocycles. The van der Waals surface area contributed by atoms with E-state index < -0.39 is 4.92 Å². The minimum absolute atomic E-state index is 0.0239. The van der Waals surface area contributed by atoms with Crippen molar-refractivity contribution in [1.29, 1.82) is 0 Å². The zero-order valence-corrected chi connectivity index (χ0v) is 10.2. The van der Waals surface area contributed by atoms with Crippen LogP contribution in [-0.4, -0.2) is 32.6 Å². The third-order valence-corrected chi connectivity index (χ3v) is 3.36. The number of nitrogen functional groups attached to an aromatic ring is 1. The molecule has 0 radical (unpaired) electrons. The summed E-state index contributed by atoms with van der Waals surface area (Å²) in [7, 11) is 0. The summed E-state index contributed by atoms with van der Waals surface area (Å²) in [5.41, 5.74) is 1.90. The highest BCUT2D eigenvalue weighted by molar-refractivity contribution is 5.69. The summed E-state index contributed by atoms with van der Waals surface area (Å²) < 4.78 is 0. The summed E-state index contributed by atoms with van der Waals surface area (Å²) in [6.45, 7) is 0.0541. The summed E-state index contributed by atoms with van der Waals surface area (Å²) in [6, 6.07) is -0.0239. The molecule has 1 saturated carbocycles. The molecule has 9 heteroatoms. The van der Waals surface area contributed by atoms with E-state index in [0.29, 0.717) is 0 Å². The second-order valence-electron chi connectivity index (χ2n) is 4.45. The fourth-order valence-electron chi connectivity index (χ4n) is 2.38. The normalized spacial score (nSPS) is 22.2. The van der Waals surface area contributed by atoms with Gasteiger partial charge in [-0.2, -0.15) is 0 Å². The number of rotatable bonds is 5. The van der Waals surface area contributed by atoms with Crippen LogP contribution in [0.25, 0.3) is 0 Å². The van der Waals surface area contributed by atoms with E-state index in [1.807, 2.05) is 0 Å². The average Bonchev–Trinajstić information content (AvgIpc) is 2.85. The molecular weight excluding hydrogens is 252 g/mol. The first-order valence-corrected chi connectivity index (χ1v) is 6.00. The van der Waals surface area contributed by atoms with E-state index in [1.165, 1.54) is 6.33 Å². The fraction of sp³-hybridized carbons (Fsp3) is 0.600. The van der Waals surface area contributed by atoms with E-state index in [1.54, 1.807) is 0 Å². The largest absolute Gasteiger partial charge is 0.396 e. The first kappa shape index (κ1) is 13.4. The Bertz CT molecular complexity index is 469. The van der Waals surface area contributed by atoms with Gasteiger partial charge in [0.15, 0.2) is 0 Å². The minimum atomic E-state index is -0.583. The Hall–Kier alpha value is -2.00. The molecule has 1 aromatic rings. The first-order chi connectivity index (χ1) is 9.17. The molecule has 0 bridgehead atoms. The molecule has 1 fully saturated rings. The fourth-order valence-corrected chi connectivity index (χ4v) is 2.38. The van der Waals surface area contributed by atoms with Crippen LogP contribution in [-0.2, 0) is 0 Å². The van der Waals surface area contributed by atoms with Crippen LogP contribution in [0, 0.1) is 16.0 Å². The van der Waals surface area contributed by atoms with Gasteiger partial charge in [0.05, 0.1) is 4.92 Å². The third-order valence-electron chi connectivity index (χ3n) is 3.36. The molecule has 1 aromatic heterocycles. The van der Waals surface area contributed by atoms with E-state index in [0.717, 1.165) is 19.3 Å². The van der Waals surface area contributed by atoms with Gasteiger partial charge in [0.1, 0.15) is 6.33 Å². The quantitative estimate of drug-likeness (QED) is 0.338. The van der Waals surface area contributed by atoms with E-state index in [9.17, 15) is 15.2 Å². The summed E-state index contributed by atoms with van der Waals surface area (Å²) in [5, 5.41) is 23.3. The number of anilines is 2. The van der Waals surface area contributed by atoms with Crippen molar-refractivity contribution in [3.8, 4) is 0 Å². The maximum absolute atomic E-state index is 11.1. The summed E-state index contributed by atoms with van der Waals surface area (Å²) >= 11 is 0. The van der Waals surface area contributed by atoms with Crippen molar-refractivity contribution in [1.82, 2.24) is 9.97 Å². The van der Waals surface area contributed by atoms with Crippen molar-refractivity contribution >= 4 is 17.3 Å². The molecule has 9 nitrogen and oxygen atoms in total. The first-order valence-electron chi connectivity index (χ1n) is 6.00. The van der Waals surface area contributed by atoms with Crippen LogP contribution < -0.4 is 16.6 Å². The van der Waals surface area contributed by atoms with Crippen molar-refractivity contribution in [2.75, 3.05) is 17.3 Å². The maximum atomic E-state index is 11.1. The molecule has 0 spiro atoms. The van der Waals surface area contributed by atoms with Crippen molar-refractivity contribution in [2.45, 2.75) is 25.3 Å². The number of hydrogen-bond acceptors (Lipinski definition) is 8. The number of nitro groups is 1. The van der Waals surface area contributed by atoms with Gasteiger partial charge < -0.3 is 15.8 Å². The van der Waals surface area contributed by atoms with E-state index in [4.69, 9.17) is 5.84 Å². The van der Waals surface area contributed by atoms with Crippen molar-refractivity contribution in [2.24, 2.45) is 11.8 Å². The Morgan fingerprint density at radius 1 is 1.47 bits per heavy atom. The van der Waals surface area contributed by atoms with Crippen molar-refractivity contribution < 1.29 is 10.0 Å². The van der Waals surface area contributed by atoms with Gasteiger partial charge in [-0.3, -0.25) is 10.1 Å². The van der Waals surface area contributed by atoms with Crippen LogP contribution in [0.15, 0.2) is 6.33 Å². The standard InChI is InChI=1S/C10H16N6O3/c11-15-10-8(16(18)19)9(12-5-13-10)14-7-3-1-2-6(7)4-17/h5-7,17H,1-4,11H2,(H2,12,13,14,15). The predicted octanol–water partition coefficient (Wildman–Crippen LogP) is 0.243. The van der Waals surface area contributed by atoms with Crippen LogP contribution in [0.5, 0.6) is 0 Å². The number of nitrogens with zero attached hydrogens (tertiary/aromatic N) is 3. The molecule has 2 rings (SSSR count). The summed E-state index contributed by atoms with van der Waals surface area (Å²) in [5.74, 6) is 5.38. The molecule has 0 aliphatic heterocycles. The third kappa shape index (κ3) is 2.71. The van der Waals surface area contributed by atoms with E-state index in [2.05, 4.69) is 20.7 Å². The van der Waals surface area contributed by atoms with Crippen molar-refractivity contribution in [3.05, 3.63) is 16.4 Å². The van der Waals surface area contributed by atoms with Gasteiger partial charge in [-0.25, -0.2) is 15.8 Å². The molecule has 1 aliphatic rings. The second-order valence-corrected chi connectivity index (χ2v) is 4.45. The average molecular weight is 268 g/mol. The van der Waals surface area contributed by atoms with Gasteiger partial charge in [0.25, 0.3) is 0 Å².